The molecule has 5 heteroatoms. The highest BCUT2D eigenvalue weighted by molar-refractivity contribution is 6.16. The van der Waals surface area contributed by atoms with Gasteiger partial charge in [-0.3, -0.25) is 14.5 Å². The van der Waals surface area contributed by atoms with Crippen LogP contribution in [0.5, 0.6) is 0 Å². The predicted octanol–water partition coefficient (Wildman–Crippen LogP) is 0.359. The number of amides is 2. The first-order valence-electron chi connectivity index (χ1n) is 4.91. The van der Waals surface area contributed by atoms with Crippen LogP contribution in [0, 0.1) is 0 Å². The maximum absolute atomic E-state index is 11.7. The van der Waals surface area contributed by atoms with Crippen molar-refractivity contribution >= 4 is 11.8 Å². The highest BCUT2D eigenvalue weighted by atomic mass is 16.6. The minimum atomic E-state index is -0.264. The van der Waals surface area contributed by atoms with E-state index < -0.39 is 0 Å². The lowest BCUT2D eigenvalue weighted by Crippen LogP contribution is -2.37. The van der Waals surface area contributed by atoms with Gasteiger partial charge in [-0.2, -0.15) is 0 Å². The smallest absolute Gasteiger partial charge is 0.257 e. The largest absolute Gasteiger partial charge is 0.301 e. The van der Waals surface area contributed by atoms with Gasteiger partial charge in [0.2, 0.25) is 0 Å². The Labute approximate surface area is 88.8 Å². The second kappa shape index (κ2) is 4.55. The van der Waals surface area contributed by atoms with Gasteiger partial charge >= 0.3 is 0 Å². The molecule has 0 aromatic rings. The van der Waals surface area contributed by atoms with Gasteiger partial charge < -0.3 is 4.84 Å². The Bertz CT molecular complexity index is 310. The number of nitrogens with two attached hydrogens (primary N) is 1. The fourth-order valence-corrected chi connectivity index (χ4v) is 1.53. The van der Waals surface area contributed by atoms with Crippen LogP contribution in [0.3, 0.4) is 0 Å². The summed E-state index contributed by atoms with van der Waals surface area (Å²) in [5.74, 6) is 4.50. The van der Waals surface area contributed by atoms with Gasteiger partial charge in [-0.15, -0.1) is 0 Å². The molecule has 1 heterocycles. The molecule has 0 aromatic heterocycles. The first-order valence-corrected chi connectivity index (χ1v) is 4.91. The van der Waals surface area contributed by atoms with E-state index in [2.05, 4.69) is 4.84 Å². The summed E-state index contributed by atoms with van der Waals surface area (Å²) in [7, 11) is 0. The summed E-state index contributed by atoms with van der Waals surface area (Å²) in [6.45, 7) is 5.35. The molecule has 1 unspecified atom stereocenters. The van der Waals surface area contributed by atoms with Crippen molar-refractivity contribution in [3.05, 3.63) is 11.6 Å². The molecule has 0 radical (unpaired) electrons. The molecule has 0 aliphatic carbocycles. The zero-order valence-corrected chi connectivity index (χ0v) is 9.19. The summed E-state index contributed by atoms with van der Waals surface area (Å²) in [6, 6.07) is -0.118. The molecule has 2 N–H and O–H groups in total. The normalized spacial score (nSPS) is 18.7. The van der Waals surface area contributed by atoms with Crippen LogP contribution in [0.25, 0.3) is 0 Å². The van der Waals surface area contributed by atoms with Crippen molar-refractivity contribution < 1.29 is 14.4 Å². The van der Waals surface area contributed by atoms with Crippen LogP contribution < -0.4 is 5.90 Å². The Kier molecular flexibility index (Phi) is 3.60. The third kappa shape index (κ3) is 2.43. The lowest BCUT2D eigenvalue weighted by atomic mass is 10.1. The van der Waals surface area contributed by atoms with Gasteiger partial charge in [-0.1, -0.05) is 0 Å². The molecule has 1 aliphatic heterocycles. The lowest BCUT2D eigenvalue weighted by Gasteiger charge is -2.19. The highest BCUT2D eigenvalue weighted by Crippen LogP contribution is 2.20. The van der Waals surface area contributed by atoms with Gasteiger partial charge in [0.1, 0.15) is 0 Å². The van der Waals surface area contributed by atoms with Crippen LogP contribution in [0.15, 0.2) is 11.6 Å². The lowest BCUT2D eigenvalue weighted by molar-refractivity contribution is -0.139. The van der Waals surface area contributed by atoms with Crippen LogP contribution in [0.2, 0.25) is 0 Å². The summed E-state index contributed by atoms with van der Waals surface area (Å²) >= 11 is 0. The fraction of sp³-hybridized carbons (Fsp3) is 0.600. The zero-order chi connectivity index (χ0) is 11.6. The average Bonchev–Trinajstić information content (AvgIpc) is 2.41. The van der Waals surface area contributed by atoms with Gasteiger partial charge in [0, 0.05) is 24.1 Å². The number of rotatable bonds is 4. The molecule has 2 amide bonds. The van der Waals surface area contributed by atoms with Crippen LogP contribution in [0.1, 0.15) is 27.2 Å². The van der Waals surface area contributed by atoms with Gasteiger partial charge in [0.15, 0.2) is 0 Å². The minimum absolute atomic E-state index is 0.118. The maximum Gasteiger partial charge on any atom is 0.257 e. The Morgan fingerprint density at radius 2 is 2.00 bits per heavy atom. The molecular weight excluding hydrogens is 196 g/mol. The van der Waals surface area contributed by atoms with Crippen molar-refractivity contribution in [2.24, 2.45) is 5.90 Å². The fourth-order valence-electron chi connectivity index (χ4n) is 1.53. The van der Waals surface area contributed by atoms with Gasteiger partial charge in [0.25, 0.3) is 11.8 Å². The van der Waals surface area contributed by atoms with E-state index in [-0.39, 0.29) is 24.0 Å². The summed E-state index contributed by atoms with van der Waals surface area (Å²) in [4.78, 5) is 29.0. The van der Waals surface area contributed by atoms with E-state index in [0.29, 0.717) is 12.0 Å². The van der Waals surface area contributed by atoms with E-state index in [1.54, 1.807) is 20.8 Å². The second-order valence-electron chi connectivity index (χ2n) is 3.93. The van der Waals surface area contributed by atoms with Crippen LogP contribution in [-0.2, 0) is 14.4 Å². The van der Waals surface area contributed by atoms with E-state index in [1.165, 1.54) is 11.0 Å². The van der Waals surface area contributed by atoms with Crippen LogP contribution in [-0.4, -0.2) is 28.9 Å². The van der Waals surface area contributed by atoms with Crippen molar-refractivity contribution in [1.82, 2.24) is 4.90 Å². The van der Waals surface area contributed by atoms with Crippen molar-refractivity contribution in [2.75, 3.05) is 0 Å². The Morgan fingerprint density at radius 3 is 2.40 bits per heavy atom. The summed E-state index contributed by atoms with van der Waals surface area (Å²) in [5, 5.41) is 0. The van der Waals surface area contributed by atoms with Gasteiger partial charge in [0.05, 0.1) is 6.10 Å². The van der Waals surface area contributed by atoms with Crippen molar-refractivity contribution in [1.29, 1.82) is 0 Å². The van der Waals surface area contributed by atoms with E-state index >= 15 is 0 Å². The summed E-state index contributed by atoms with van der Waals surface area (Å²) in [6.07, 6.45) is 1.46. The first kappa shape index (κ1) is 11.9. The Morgan fingerprint density at radius 1 is 1.40 bits per heavy atom. The van der Waals surface area contributed by atoms with Crippen molar-refractivity contribution in [3.63, 3.8) is 0 Å². The summed E-state index contributed by atoms with van der Waals surface area (Å²) in [5.41, 5.74) is 0.464. The molecule has 0 spiro atoms. The molecule has 0 bridgehead atoms. The standard InChI is InChI=1S/C10H16N2O3/c1-6(2)12-9(13)5-8(10(12)14)4-7(3)15-11/h5-7H,4,11H2,1-3H3. The van der Waals surface area contributed by atoms with Gasteiger partial charge in [-0.25, -0.2) is 5.90 Å². The molecule has 5 nitrogen and oxygen atoms in total. The summed E-state index contributed by atoms with van der Waals surface area (Å²) < 4.78 is 0. The third-order valence-electron chi connectivity index (χ3n) is 2.28. The maximum atomic E-state index is 11.7. The molecular formula is C10H16N2O3. The molecule has 0 aromatic carbocycles. The Balaban J connectivity index is 2.74. The SMILES string of the molecule is CC(CC1=CC(=O)N(C(C)C)C1=O)ON. The predicted molar refractivity (Wildman–Crippen MR) is 54.4 cm³/mol. The second-order valence-corrected chi connectivity index (χ2v) is 3.93. The number of imide groups is 1. The van der Waals surface area contributed by atoms with Crippen LogP contribution in [0.4, 0.5) is 0 Å². The topological polar surface area (TPSA) is 72.6 Å². The van der Waals surface area contributed by atoms with E-state index in [0.717, 1.165) is 0 Å². The quantitative estimate of drug-likeness (QED) is 0.539. The van der Waals surface area contributed by atoms with E-state index in [9.17, 15) is 9.59 Å². The first-order chi connectivity index (χ1) is 6.97. The Hall–Kier alpha value is -1.20. The molecule has 1 atom stereocenters. The van der Waals surface area contributed by atoms with Gasteiger partial charge in [-0.05, 0) is 20.8 Å². The number of carbonyl (C=O) groups excluding carboxylic acids is 2. The number of carbonyl (C=O) groups is 2. The third-order valence-corrected chi connectivity index (χ3v) is 2.28. The molecule has 0 saturated carbocycles. The number of hydrogen-bond donors (Lipinski definition) is 1. The molecule has 84 valence electrons. The van der Waals surface area contributed by atoms with Crippen molar-refractivity contribution in [2.45, 2.75) is 39.3 Å². The highest BCUT2D eigenvalue weighted by Gasteiger charge is 2.33. The molecule has 15 heavy (non-hydrogen) atoms. The monoisotopic (exact) mass is 212 g/mol. The number of hydrogen-bond acceptors (Lipinski definition) is 4. The molecule has 1 aliphatic rings. The zero-order valence-electron chi connectivity index (χ0n) is 9.19. The molecule has 0 saturated heterocycles. The van der Waals surface area contributed by atoms with Crippen LogP contribution >= 0.6 is 0 Å². The molecule has 0 fully saturated rings. The molecule has 1 rings (SSSR count). The van der Waals surface area contributed by atoms with E-state index in [4.69, 9.17) is 5.90 Å². The van der Waals surface area contributed by atoms with Crippen molar-refractivity contribution in [3.8, 4) is 0 Å². The van der Waals surface area contributed by atoms with E-state index in [1.807, 2.05) is 0 Å². The minimum Gasteiger partial charge on any atom is -0.301 e. The average molecular weight is 212 g/mol. The number of nitrogens with zero attached hydrogens (tertiary/aromatic N) is 1.